The first-order chi connectivity index (χ1) is 9.51. The summed E-state index contributed by atoms with van der Waals surface area (Å²) in [5, 5.41) is 2.60. The molecule has 6 heteroatoms. The summed E-state index contributed by atoms with van der Waals surface area (Å²) < 4.78 is 14.8. The molecule has 2 rings (SSSR count). The van der Waals surface area contributed by atoms with Gasteiger partial charge in [0.2, 0.25) is 0 Å². The number of rotatable bonds is 3. The first kappa shape index (κ1) is 13.8. The summed E-state index contributed by atoms with van der Waals surface area (Å²) in [5.41, 5.74) is 5.81. The molecule has 0 saturated heterocycles. The summed E-state index contributed by atoms with van der Waals surface area (Å²) in [6, 6.07) is 6.70. The van der Waals surface area contributed by atoms with E-state index in [-0.39, 0.29) is 16.8 Å². The number of nitrogens with zero attached hydrogens (tertiary/aromatic N) is 1. The third-order valence-electron chi connectivity index (χ3n) is 2.84. The van der Waals surface area contributed by atoms with E-state index in [2.05, 4.69) is 5.32 Å². The van der Waals surface area contributed by atoms with Gasteiger partial charge in [-0.3, -0.25) is 9.59 Å². The fourth-order valence-electron chi connectivity index (χ4n) is 1.72. The third kappa shape index (κ3) is 2.85. The van der Waals surface area contributed by atoms with E-state index in [1.54, 1.807) is 0 Å². The summed E-state index contributed by atoms with van der Waals surface area (Å²) in [6.45, 7) is 2.32. The van der Waals surface area contributed by atoms with Gasteiger partial charge in [0.15, 0.2) is 0 Å². The van der Waals surface area contributed by atoms with Crippen LogP contribution in [0.5, 0.6) is 0 Å². The number of pyridine rings is 1. The van der Waals surface area contributed by atoms with Crippen LogP contribution in [0, 0.1) is 5.82 Å². The molecule has 1 aromatic carbocycles. The first-order valence-corrected chi connectivity index (χ1v) is 6.08. The Hall–Kier alpha value is -2.63. The molecule has 1 aromatic heterocycles. The molecule has 0 unspecified atom stereocenters. The average molecular weight is 275 g/mol. The van der Waals surface area contributed by atoms with Gasteiger partial charge in [-0.05, 0) is 31.2 Å². The van der Waals surface area contributed by atoms with E-state index in [0.717, 1.165) is 6.07 Å². The smallest absolute Gasteiger partial charge is 0.255 e. The number of amides is 1. The van der Waals surface area contributed by atoms with Crippen molar-refractivity contribution in [1.29, 1.82) is 0 Å². The van der Waals surface area contributed by atoms with Crippen LogP contribution in [0.3, 0.4) is 0 Å². The lowest BCUT2D eigenvalue weighted by atomic mass is 10.2. The zero-order valence-corrected chi connectivity index (χ0v) is 10.9. The van der Waals surface area contributed by atoms with Gasteiger partial charge in [-0.25, -0.2) is 4.39 Å². The molecule has 0 aliphatic carbocycles. The molecule has 1 amide bonds. The maximum atomic E-state index is 13.3. The van der Waals surface area contributed by atoms with Crippen molar-refractivity contribution in [3.63, 3.8) is 0 Å². The van der Waals surface area contributed by atoms with E-state index in [9.17, 15) is 14.0 Å². The van der Waals surface area contributed by atoms with E-state index in [1.807, 2.05) is 6.92 Å². The number of halogens is 1. The van der Waals surface area contributed by atoms with Gasteiger partial charge >= 0.3 is 0 Å². The number of aryl methyl sites for hydroxylation is 1. The van der Waals surface area contributed by atoms with E-state index < -0.39 is 11.7 Å². The van der Waals surface area contributed by atoms with Crippen LogP contribution in [0.4, 0.5) is 15.8 Å². The van der Waals surface area contributed by atoms with Crippen molar-refractivity contribution < 1.29 is 9.18 Å². The Kier molecular flexibility index (Phi) is 3.84. The largest absolute Gasteiger partial charge is 0.396 e. The molecule has 5 nitrogen and oxygen atoms in total. The first-order valence-electron chi connectivity index (χ1n) is 6.08. The molecular weight excluding hydrogens is 261 g/mol. The van der Waals surface area contributed by atoms with Crippen molar-refractivity contribution >= 4 is 17.3 Å². The van der Waals surface area contributed by atoms with Crippen molar-refractivity contribution in [1.82, 2.24) is 4.57 Å². The zero-order valence-electron chi connectivity index (χ0n) is 10.9. The summed E-state index contributed by atoms with van der Waals surface area (Å²) >= 11 is 0. The van der Waals surface area contributed by atoms with Crippen LogP contribution in [-0.2, 0) is 6.54 Å². The summed E-state index contributed by atoms with van der Waals surface area (Å²) in [4.78, 5) is 23.4. The Morgan fingerprint density at radius 2 is 2.10 bits per heavy atom. The standard InChI is InChI=1S/C14H14FN3O2/c1-2-18-8-10(4-6-13(18)19)17-14(20)9-3-5-12(16)11(15)7-9/h3-8H,2,16H2,1H3,(H,17,20). The summed E-state index contributed by atoms with van der Waals surface area (Å²) in [5.74, 6) is -1.11. The van der Waals surface area contributed by atoms with Crippen molar-refractivity contribution in [2.24, 2.45) is 0 Å². The highest BCUT2D eigenvalue weighted by atomic mass is 19.1. The number of hydrogen-bond donors (Lipinski definition) is 2. The Balaban J connectivity index is 2.23. The van der Waals surface area contributed by atoms with Crippen molar-refractivity contribution in [3.05, 3.63) is 58.3 Å². The number of hydrogen-bond acceptors (Lipinski definition) is 3. The van der Waals surface area contributed by atoms with Gasteiger partial charge in [0.25, 0.3) is 11.5 Å². The molecule has 0 spiro atoms. The molecule has 0 aliphatic heterocycles. The maximum Gasteiger partial charge on any atom is 0.255 e. The molecule has 2 aromatic rings. The van der Waals surface area contributed by atoms with E-state index in [4.69, 9.17) is 5.73 Å². The molecular formula is C14H14FN3O2. The van der Waals surface area contributed by atoms with Gasteiger partial charge in [0.05, 0.1) is 11.4 Å². The van der Waals surface area contributed by atoms with Crippen molar-refractivity contribution in [3.8, 4) is 0 Å². The predicted octanol–water partition coefficient (Wildman–Crippen LogP) is 1.84. The maximum absolute atomic E-state index is 13.3. The Labute approximate surface area is 114 Å². The number of carbonyl (C=O) groups is 1. The van der Waals surface area contributed by atoms with Gasteiger partial charge in [-0.2, -0.15) is 0 Å². The van der Waals surface area contributed by atoms with Crippen LogP contribution in [-0.4, -0.2) is 10.5 Å². The second kappa shape index (κ2) is 5.56. The molecule has 0 atom stereocenters. The van der Waals surface area contributed by atoms with Gasteiger partial charge < -0.3 is 15.6 Å². The van der Waals surface area contributed by atoms with Crippen molar-refractivity contribution in [2.45, 2.75) is 13.5 Å². The number of nitrogens with two attached hydrogens (primary N) is 1. The molecule has 0 aliphatic rings. The highest BCUT2D eigenvalue weighted by molar-refractivity contribution is 6.04. The minimum Gasteiger partial charge on any atom is -0.396 e. The lowest BCUT2D eigenvalue weighted by Crippen LogP contribution is -2.19. The van der Waals surface area contributed by atoms with Gasteiger partial charge in [-0.15, -0.1) is 0 Å². The number of aromatic nitrogens is 1. The van der Waals surface area contributed by atoms with Crippen LogP contribution in [0.2, 0.25) is 0 Å². The number of benzene rings is 1. The molecule has 3 N–H and O–H groups in total. The minimum atomic E-state index is -0.642. The highest BCUT2D eigenvalue weighted by Crippen LogP contribution is 2.13. The highest BCUT2D eigenvalue weighted by Gasteiger charge is 2.09. The van der Waals surface area contributed by atoms with Gasteiger partial charge in [0, 0.05) is 24.4 Å². The Bertz CT molecular complexity index is 710. The monoisotopic (exact) mass is 275 g/mol. The van der Waals surface area contributed by atoms with E-state index in [0.29, 0.717) is 12.2 Å². The van der Waals surface area contributed by atoms with Crippen LogP contribution in [0.25, 0.3) is 0 Å². The quantitative estimate of drug-likeness (QED) is 0.839. The van der Waals surface area contributed by atoms with E-state index >= 15 is 0 Å². The molecule has 0 fully saturated rings. The molecule has 0 saturated carbocycles. The molecule has 0 radical (unpaired) electrons. The van der Waals surface area contributed by atoms with Gasteiger partial charge in [0.1, 0.15) is 5.82 Å². The second-order valence-corrected chi connectivity index (χ2v) is 4.23. The SMILES string of the molecule is CCn1cc(NC(=O)c2ccc(N)c(F)c2)ccc1=O. The lowest BCUT2D eigenvalue weighted by molar-refractivity contribution is 0.102. The fraction of sp³-hybridized carbons (Fsp3) is 0.143. The zero-order chi connectivity index (χ0) is 14.7. The predicted molar refractivity (Wildman–Crippen MR) is 75.1 cm³/mol. The number of nitrogens with one attached hydrogen (secondary N) is 1. The summed E-state index contributed by atoms with van der Waals surface area (Å²) in [7, 11) is 0. The van der Waals surface area contributed by atoms with Crippen LogP contribution >= 0.6 is 0 Å². The van der Waals surface area contributed by atoms with Crippen LogP contribution in [0.1, 0.15) is 17.3 Å². The van der Waals surface area contributed by atoms with Gasteiger partial charge in [-0.1, -0.05) is 0 Å². The second-order valence-electron chi connectivity index (χ2n) is 4.23. The normalized spacial score (nSPS) is 10.3. The number of nitrogen functional groups attached to an aromatic ring is 1. The lowest BCUT2D eigenvalue weighted by Gasteiger charge is -2.08. The topological polar surface area (TPSA) is 77.1 Å². The molecule has 1 heterocycles. The Morgan fingerprint density at radius 1 is 1.35 bits per heavy atom. The molecule has 0 bridgehead atoms. The van der Waals surface area contributed by atoms with E-state index in [1.165, 1.54) is 35.0 Å². The van der Waals surface area contributed by atoms with Crippen LogP contribution in [0.15, 0.2) is 41.3 Å². The average Bonchev–Trinajstić information content (AvgIpc) is 2.43. The number of carbonyl (C=O) groups excluding carboxylic acids is 1. The van der Waals surface area contributed by atoms with Crippen LogP contribution < -0.4 is 16.6 Å². The molecule has 20 heavy (non-hydrogen) atoms. The molecule has 104 valence electrons. The van der Waals surface area contributed by atoms with Crippen molar-refractivity contribution in [2.75, 3.05) is 11.1 Å². The third-order valence-corrected chi connectivity index (χ3v) is 2.84. The fourth-order valence-corrected chi connectivity index (χ4v) is 1.72. The Morgan fingerprint density at radius 3 is 2.75 bits per heavy atom. The minimum absolute atomic E-state index is 0.0129. The summed E-state index contributed by atoms with van der Waals surface area (Å²) in [6.07, 6.45) is 1.54. The number of anilines is 2.